The molecule has 14 rings (SSSR count). The Balaban J connectivity index is 0.964. The van der Waals surface area contributed by atoms with Crippen molar-refractivity contribution in [3.8, 4) is 27.9 Å². The highest BCUT2D eigenvalue weighted by molar-refractivity contribution is 6.15. The van der Waals surface area contributed by atoms with Gasteiger partial charge in [0.25, 0.3) is 0 Å². The third kappa shape index (κ3) is 5.87. The number of aromatic nitrogens is 7. The summed E-state index contributed by atoms with van der Waals surface area (Å²) in [5.74, 6) is 0. The molecule has 0 N–H and O–H groups in total. The first-order chi connectivity index (χ1) is 33.6. The van der Waals surface area contributed by atoms with Crippen LogP contribution in [0.15, 0.2) is 202 Å². The van der Waals surface area contributed by atoms with Gasteiger partial charge in [-0.3, -0.25) is 29.9 Å². The van der Waals surface area contributed by atoms with E-state index in [1.807, 2.05) is 73.8 Å². The summed E-state index contributed by atoms with van der Waals surface area (Å²) in [6.07, 6.45) is 23.3. The molecule has 2 aliphatic rings. The molecular weight excluding hydrogens is 833 g/mol. The van der Waals surface area contributed by atoms with Gasteiger partial charge >= 0.3 is 0 Å². The summed E-state index contributed by atoms with van der Waals surface area (Å²) in [5.41, 5.74) is 20.5. The third-order valence-corrected chi connectivity index (χ3v) is 13.9. The number of hydrogen-bond acceptors (Lipinski definition) is 7. The van der Waals surface area contributed by atoms with E-state index in [0.29, 0.717) is 0 Å². The van der Waals surface area contributed by atoms with Gasteiger partial charge in [-0.15, -0.1) is 0 Å². The summed E-state index contributed by atoms with van der Waals surface area (Å²) in [7, 11) is 0. The molecule has 0 amide bonds. The molecule has 7 aromatic heterocycles. The van der Waals surface area contributed by atoms with Crippen LogP contribution in [0.25, 0.3) is 105 Å². The number of aryl methyl sites for hydroxylation is 2. The lowest BCUT2D eigenvalue weighted by Gasteiger charge is -2.30. The van der Waals surface area contributed by atoms with Gasteiger partial charge in [-0.1, -0.05) is 36.9 Å². The zero-order valence-corrected chi connectivity index (χ0v) is 36.7. The number of nitrogens with zero attached hydrogens (tertiary/aromatic N) is 8. The van der Waals surface area contributed by atoms with Crippen molar-refractivity contribution in [1.29, 1.82) is 0 Å². The number of anilines is 2. The largest absolute Gasteiger partial charge is 0.316 e. The van der Waals surface area contributed by atoms with Crippen molar-refractivity contribution in [2.24, 2.45) is 0 Å². The van der Waals surface area contributed by atoms with Crippen molar-refractivity contribution in [1.82, 2.24) is 34.5 Å². The van der Waals surface area contributed by atoms with Crippen LogP contribution in [0.2, 0.25) is 0 Å². The zero-order chi connectivity index (χ0) is 44.9. The van der Waals surface area contributed by atoms with Crippen molar-refractivity contribution in [2.45, 2.75) is 12.8 Å². The number of benzene rings is 5. The first kappa shape index (κ1) is 38.2. The Labute approximate surface area is 390 Å². The Morgan fingerprint density at radius 3 is 1.74 bits per heavy atom. The fraction of sp³-hybridized carbons (Fsp3) is 0.0333. The van der Waals surface area contributed by atoms with Gasteiger partial charge in [0.1, 0.15) is 0 Å². The highest BCUT2D eigenvalue weighted by Crippen LogP contribution is 2.47. The highest BCUT2D eigenvalue weighted by atomic mass is 15.1. The van der Waals surface area contributed by atoms with Gasteiger partial charge < -0.3 is 9.47 Å². The van der Waals surface area contributed by atoms with Crippen molar-refractivity contribution in [3.05, 3.63) is 224 Å². The molecule has 68 heavy (non-hydrogen) atoms. The molecule has 8 nitrogen and oxygen atoms in total. The maximum atomic E-state index is 4.82. The van der Waals surface area contributed by atoms with Gasteiger partial charge in [0.2, 0.25) is 0 Å². The Bertz CT molecular complexity index is 4170. The van der Waals surface area contributed by atoms with E-state index in [2.05, 4.69) is 141 Å². The van der Waals surface area contributed by atoms with Crippen molar-refractivity contribution in [3.63, 3.8) is 0 Å². The molecule has 8 heteroatoms. The van der Waals surface area contributed by atoms with Gasteiger partial charge in [0.05, 0.1) is 38.8 Å². The molecule has 1 aliphatic carbocycles. The maximum absolute atomic E-state index is 4.82. The normalized spacial score (nSPS) is 14.7. The van der Waals surface area contributed by atoms with Gasteiger partial charge in [-0.2, -0.15) is 0 Å². The van der Waals surface area contributed by atoms with Crippen LogP contribution in [0, 0.1) is 0 Å². The summed E-state index contributed by atoms with van der Waals surface area (Å²) in [4.78, 5) is 30.2. The summed E-state index contributed by atoms with van der Waals surface area (Å²) in [5, 5.41) is 6.66. The number of fused-ring (bicyclic) bond motifs is 13. The molecule has 5 aromatic carbocycles. The van der Waals surface area contributed by atoms with Crippen molar-refractivity contribution in [2.75, 3.05) is 4.90 Å². The Kier molecular flexibility index (Phi) is 8.39. The fourth-order valence-electron chi connectivity index (χ4n) is 10.8. The van der Waals surface area contributed by atoms with Crippen LogP contribution in [-0.2, 0) is 12.8 Å². The minimum absolute atomic E-state index is 0.882. The molecule has 0 radical (unpaired) electrons. The Hall–Kier alpha value is -9.14. The van der Waals surface area contributed by atoms with Crippen LogP contribution in [0.5, 0.6) is 0 Å². The molecule has 0 saturated carbocycles. The second kappa shape index (κ2) is 15.0. The molecule has 0 atom stereocenters. The number of allylic oxidation sites excluding steroid dienone is 4. The van der Waals surface area contributed by atoms with E-state index in [-0.39, 0.29) is 0 Å². The predicted octanol–water partition coefficient (Wildman–Crippen LogP) is 14.0. The van der Waals surface area contributed by atoms with Crippen LogP contribution in [0.4, 0.5) is 11.4 Å². The van der Waals surface area contributed by atoms with Crippen LogP contribution < -0.4 is 4.90 Å². The molecule has 1 aliphatic heterocycles. The third-order valence-electron chi connectivity index (χ3n) is 13.9. The SMILES string of the molecule is C=C1/C=C(c2cc3cccnc3c3ncccc23)\C=C/N(c2ccncc2)c2cc3c(cc21)CCc1cc2c4cc(-c5cc6cccnc6c6ncccc56)ccc4n(-c4ccncc4)c2cc1-3. The highest BCUT2D eigenvalue weighted by Gasteiger charge is 2.26. The average Bonchev–Trinajstić information content (AvgIpc) is 3.71. The lowest BCUT2D eigenvalue weighted by atomic mass is 9.82. The van der Waals surface area contributed by atoms with E-state index in [0.717, 1.165) is 118 Å². The van der Waals surface area contributed by atoms with Gasteiger partial charge in [0.15, 0.2) is 0 Å². The van der Waals surface area contributed by atoms with Gasteiger partial charge in [-0.05, 0) is 172 Å². The Morgan fingerprint density at radius 1 is 0.441 bits per heavy atom. The minimum atomic E-state index is 0.882. The summed E-state index contributed by atoms with van der Waals surface area (Å²) < 4.78 is 2.39. The maximum Gasteiger partial charge on any atom is 0.0970 e. The molecule has 0 unspecified atom stereocenters. The molecule has 318 valence electrons. The molecule has 0 spiro atoms. The lowest BCUT2D eigenvalue weighted by molar-refractivity contribution is 0.942. The van der Waals surface area contributed by atoms with Crippen molar-refractivity contribution < 1.29 is 0 Å². The number of hydrogen-bond donors (Lipinski definition) is 0. The second-order valence-corrected chi connectivity index (χ2v) is 17.6. The Morgan fingerprint density at radius 2 is 1.03 bits per heavy atom. The molecular formula is C60H38N8. The topological polar surface area (TPSA) is 85.5 Å². The molecule has 0 bridgehead atoms. The summed E-state index contributed by atoms with van der Waals surface area (Å²) >= 11 is 0. The molecule has 0 saturated heterocycles. The van der Waals surface area contributed by atoms with Crippen LogP contribution in [-0.4, -0.2) is 34.5 Å². The fourth-order valence-corrected chi connectivity index (χ4v) is 10.8. The molecule has 0 fully saturated rings. The van der Waals surface area contributed by atoms with Crippen LogP contribution >= 0.6 is 0 Å². The predicted molar refractivity (Wildman–Crippen MR) is 277 cm³/mol. The average molecular weight is 871 g/mol. The van der Waals surface area contributed by atoms with E-state index in [4.69, 9.17) is 26.5 Å². The monoisotopic (exact) mass is 870 g/mol. The van der Waals surface area contributed by atoms with Gasteiger partial charge in [-0.25, -0.2) is 0 Å². The van der Waals surface area contributed by atoms with E-state index in [9.17, 15) is 0 Å². The quantitative estimate of drug-likeness (QED) is 0.163. The lowest BCUT2D eigenvalue weighted by Crippen LogP contribution is -2.14. The van der Waals surface area contributed by atoms with Crippen LogP contribution in [0.3, 0.4) is 0 Å². The van der Waals surface area contributed by atoms with E-state index < -0.39 is 0 Å². The standard InChI is InChI=1S/C60H38N8/c1-36-28-40(49-33-42-7-3-20-64-58(42)60-46(49)9-5-22-66-60)18-27-67(43-14-23-61-24-15-43)55-34-50-37(29-47(36)55)10-11-38-31-53-52-30-39(48-32-41-6-2-19-63-57(41)59-45(48)8-4-21-65-59)12-13-54(52)68(56(53)35-51(38)50)44-16-25-62-26-17-44/h2-9,12-35H,1,10-11H2/b27-18-,40-28+. The van der Waals surface area contributed by atoms with Crippen molar-refractivity contribution >= 4 is 87.9 Å². The first-order valence-corrected chi connectivity index (χ1v) is 22.9. The van der Waals surface area contributed by atoms with Gasteiger partial charge in [0, 0.05) is 105 Å². The summed E-state index contributed by atoms with van der Waals surface area (Å²) in [6.45, 7) is 4.78. The molecule has 12 aromatic rings. The second-order valence-electron chi connectivity index (χ2n) is 17.6. The molecule has 8 heterocycles. The smallest absolute Gasteiger partial charge is 0.0970 e. The summed E-state index contributed by atoms with van der Waals surface area (Å²) in [6, 6.07) is 45.9. The minimum Gasteiger partial charge on any atom is -0.316 e. The zero-order valence-electron chi connectivity index (χ0n) is 36.7. The number of pyridine rings is 6. The number of rotatable bonds is 4. The van der Waals surface area contributed by atoms with E-state index in [1.165, 1.54) is 33.0 Å². The van der Waals surface area contributed by atoms with E-state index >= 15 is 0 Å². The van der Waals surface area contributed by atoms with Crippen LogP contribution in [0.1, 0.15) is 22.3 Å². The van der Waals surface area contributed by atoms with E-state index in [1.54, 1.807) is 0 Å². The first-order valence-electron chi connectivity index (χ1n) is 22.9.